The summed E-state index contributed by atoms with van der Waals surface area (Å²) >= 11 is 3.26. The number of rotatable bonds is 5. The van der Waals surface area contributed by atoms with Crippen molar-refractivity contribution in [2.75, 3.05) is 16.2 Å². The molecule has 0 radical (unpaired) electrons. The zero-order valence-electron chi connectivity index (χ0n) is 9.90. The summed E-state index contributed by atoms with van der Waals surface area (Å²) in [5.74, 6) is 0.497. The highest BCUT2D eigenvalue weighted by Crippen LogP contribution is 2.24. The number of nitrogen functional groups attached to an aromatic ring is 1. The van der Waals surface area contributed by atoms with E-state index in [0.29, 0.717) is 28.2 Å². The highest BCUT2D eigenvalue weighted by atomic mass is 79.9. The standard InChI is InChI=1S/C11H17BrN2O2S/c1-8(2)5-6-17(15,16)14-9-3-4-11(13)10(12)7-9/h3-4,7-8,14H,5-6,13H2,1-2H3. The summed E-state index contributed by atoms with van der Waals surface area (Å²) in [7, 11) is -3.27. The van der Waals surface area contributed by atoms with E-state index in [2.05, 4.69) is 20.7 Å². The summed E-state index contributed by atoms with van der Waals surface area (Å²) in [6.07, 6.45) is 0.644. The molecule has 3 N–H and O–H groups in total. The van der Waals surface area contributed by atoms with Crippen molar-refractivity contribution in [3.8, 4) is 0 Å². The van der Waals surface area contributed by atoms with Gasteiger partial charge in [-0.05, 0) is 46.5 Å². The van der Waals surface area contributed by atoms with E-state index in [1.807, 2.05) is 13.8 Å². The Morgan fingerprint density at radius 3 is 2.59 bits per heavy atom. The minimum Gasteiger partial charge on any atom is -0.398 e. The number of sulfonamides is 1. The van der Waals surface area contributed by atoms with Crippen molar-refractivity contribution in [2.24, 2.45) is 5.92 Å². The van der Waals surface area contributed by atoms with Gasteiger partial charge in [0.1, 0.15) is 0 Å². The number of benzene rings is 1. The molecule has 0 unspecified atom stereocenters. The number of nitrogens with two attached hydrogens (primary N) is 1. The van der Waals surface area contributed by atoms with E-state index in [-0.39, 0.29) is 5.75 Å². The second-order valence-corrected chi connectivity index (χ2v) is 7.04. The topological polar surface area (TPSA) is 72.2 Å². The van der Waals surface area contributed by atoms with Gasteiger partial charge in [-0.25, -0.2) is 8.42 Å². The van der Waals surface area contributed by atoms with Crippen LogP contribution in [-0.4, -0.2) is 14.2 Å². The van der Waals surface area contributed by atoms with Crippen LogP contribution in [0.2, 0.25) is 0 Å². The molecule has 0 fully saturated rings. The van der Waals surface area contributed by atoms with Crippen molar-refractivity contribution >= 4 is 37.3 Å². The molecule has 0 heterocycles. The van der Waals surface area contributed by atoms with Crippen LogP contribution in [0.15, 0.2) is 22.7 Å². The molecule has 96 valence electrons. The van der Waals surface area contributed by atoms with Crippen LogP contribution in [-0.2, 0) is 10.0 Å². The van der Waals surface area contributed by atoms with E-state index in [0.717, 1.165) is 0 Å². The number of anilines is 2. The van der Waals surface area contributed by atoms with Gasteiger partial charge in [-0.2, -0.15) is 0 Å². The van der Waals surface area contributed by atoms with Crippen molar-refractivity contribution in [3.05, 3.63) is 22.7 Å². The van der Waals surface area contributed by atoms with Gasteiger partial charge in [-0.3, -0.25) is 4.72 Å². The van der Waals surface area contributed by atoms with Gasteiger partial charge >= 0.3 is 0 Å². The first-order chi connectivity index (χ1) is 7.80. The van der Waals surface area contributed by atoms with Gasteiger partial charge in [-0.15, -0.1) is 0 Å². The maximum Gasteiger partial charge on any atom is 0.232 e. The number of halogens is 1. The minimum atomic E-state index is -3.27. The Balaban J connectivity index is 2.73. The smallest absolute Gasteiger partial charge is 0.232 e. The van der Waals surface area contributed by atoms with Gasteiger partial charge in [0.05, 0.1) is 5.75 Å². The Hall–Kier alpha value is -0.750. The van der Waals surface area contributed by atoms with E-state index < -0.39 is 10.0 Å². The number of hydrogen-bond acceptors (Lipinski definition) is 3. The van der Waals surface area contributed by atoms with Crippen molar-refractivity contribution in [1.29, 1.82) is 0 Å². The maximum atomic E-state index is 11.7. The molecular weight excluding hydrogens is 304 g/mol. The van der Waals surface area contributed by atoms with Crippen LogP contribution in [0.3, 0.4) is 0 Å². The molecule has 0 aliphatic heterocycles. The fraction of sp³-hybridized carbons (Fsp3) is 0.455. The van der Waals surface area contributed by atoms with Gasteiger partial charge in [0.2, 0.25) is 10.0 Å². The van der Waals surface area contributed by atoms with Gasteiger partial charge in [0.15, 0.2) is 0 Å². The van der Waals surface area contributed by atoms with Crippen LogP contribution < -0.4 is 10.5 Å². The van der Waals surface area contributed by atoms with E-state index in [1.54, 1.807) is 18.2 Å². The summed E-state index contributed by atoms with van der Waals surface area (Å²) in [5, 5.41) is 0. The molecule has 0 spiro atoms. The quantitative estimate of drug-likeness (QED) is 0.819. The average molecular weight is 321 g/mol. The minimum absolute atomic E-state index is 0.132. The van der Waals surface area contributed by atoms with E-state index >= 15 is 0 Å². The summed E-state index contributed by atoms with van der Waals surface area (Å²) in [4.78, 5) is 0. The molecule has 1 aromatic rings. The van der Waals surface area contributed by atoms with Crippen molar-refractivity contribution in [2.45, 2.75) is 20.3 Å². The second kappa shape index (κ2) is 5.73. The summed E-state index contributed by atoms with van der Waals surface area (Å²) in [5.41, 5.74) is 6.73. The van der Waals surface area contributed by atoms with Crippen LogP contribution in [0, 0.1) is 5.92 Å². The SMILES string of the molecule is CC(C)CCS(=O)(=O)Nc1ccc(N)c(Br)c1. The molecule has 0 bridgehead atoms. The Kier molecular flexibility index (Phi) is 4.82. The van der Waals surface area contributed by atoms with E-state index in [9.17, 15) is 8.42 Å². The fourth-order valence-electron chi connectivity index (χ4n) is 1.21. The molecule has 0 aromatic heterocycles. The number of nitrogens with one attached hydrogen (secondary N) is 1. The normalized spacial score (nSPS) is 11.8. The molecule has 0 saturated carbocycles. The lowest BCUT2D eigenvalue weighted by Crippen LogP contribution is -2.17. The third-order valence-corrected chi connectivity index (χ3v) is 4.24. The third-order valence-electron chi connectivity index (χ3n) is 2.24. The monoisotopic (exact) mass is 320 g/mol. The summed E-state index contributed by atoms with van der Waals surface area (Å²) in [6.45, 7) is 3.99. The Morgan fingerprint density at radius 1 is 1.41 bits per heavy atom. The Morgan fingerprint density at radius 2 is 2.06 bits per heavy atom. The van der Waals surface area contributed by atoms with E-state index in [4.69, 9.17) is 5.73 Å². The predicted molar refractivity (Wildman–Crippen MR) is 75.4 cm³/mol. The van der Waals surface area contributed by atoms with Crippen LogP contribution in [0.25, 0.3) is 0 Å². The van der Waals surface area contributed by atoms with Gasteiger partial charge < -0.3 is 5.73 Å². The van der Waals surface area contributed by atoms with Crippen LogP contribution >= 0.6 is 15.9 Å². The van der Waals surface area contributed by atoms with Crippen LogP contribution in [0.5, 0.6) is 0 Å². The first-order valence-electron chi connectivity index (χ1n) is 5.35. The van der Waals surface area contributed by atoms with Gasteiger partial charge in [0, 0.05) is 15.8 Å². The van der Waals surface area contributed by atoms with E-state index in [1.165, 1.54) is 0 Å². The van der Waals surface area contributed by atoms with Gasteiger partial charge in [-0.1, -0.05) is 13.8 Å². The lowest BCUT2D eigenvalue weighted by atomic mass is 10.2. The molecule has 6 heteroatoms. The molecule has 0 atom stereocenters. The largest absolute Gasteiger partial charge is 0.398 e. The first kappa shape index (κ1) is 14.3. The molecule has 1 aromatic carbocycles. The zero-order chi connectivity index (χ0) is 13.1. The fourth-order valence-corrected chi connectivity index (χ4v) is 2.96. The van der Waals surface area contributed by atoms with Crippen molar-refractivity contribution < 1.29 is 8.42 Å². The lowest BCUT2D eigenvalue weighted by molar-refractivity contribution is 0.578. The maximum absolute atomic E-state index is 11.7. The van der Waals surface area contributed by atoms with Crippen molar-refractivity contribution in [3.63, 3.8) is 0 Å². The molecule has 0 amide bonds. The molecule has 0 saturated heterocycles. The van der Waals surface area contributed by atoms with Crippen LogP contribution in [0.4, 0.5) is 11.4 Å². The highest BCUT2D eigenvalue weighted by Gasteiger charge is 2.11. The Labute approximate surface area is 111 Å². The third kappa shape index (κ3) is 4.95. The van der Waals surface area contributed by atoms with Crippen molar-refractivity contribution in [1.82, 2.24) is 0 Å². The highest BCUT2D eigenvalue weighted by molar-refractivity contribution is 9.10. The zero-order valence-corrected chi connectivity index (χ0v) is 12.3. The average Bonchev–Trinajstić information content (AvgIpc) is 2.21. The molecular formula is C11H17BrN2O2S. The number of hydrogen-bond donors (Lipinski definition) is 2. The van der Waals surface area contributed by atoms with Crippen LogP contribution in [0.1, 0.15) is 20.3 Å². The van der Waals surface area contributed by atoms with Gasteiger partial charge in [0.25, 0.3) is 0 Å². The second-order valence-electron chi connectivity index (χ2n) is 4.34. The first-order valence-corrected chi connectivity index (χ1v) is 7.80. The predicted octanol–water partition coefficient (Wildman–Crippen LogP) is 2.82. The lowest BCUT2D eigenvalue weighted by Gasteiger charge is -2.10. The summed E-state index contributed by atoms with van der Waals surface area (Å²) < 4.78 is 26.7. The molecule has 0 aliphatic carbocycles. The Bertz CT molecular complexity index is 486. The summed E-state index contributed by atoms with van der Waals surface area (Å²) in [6, 6.07) is 4.96. The molecule has 17 heavy (non-hydrogen) atoms. The molecule has 1 rings (SSSR count). The molecule has 4 nitrogen and oxygen atoms in total. The molecule has 0 aliphatic rings.